The molecule has 0 fully saturated rings. The molecule has 3 amide bonds. The molecule has 5 N–H and O–H groups in total. The van der Waals surface area contributed by atoms with Gasteiger partial charge in [-0.25, -0.2) is 4.79 Å². The molecule has 36 heavy (non-hydrogen) atoms. The Bertz CT molecular complexity index is 821. The van der Waals surface area contributed by atoms with Crippen molar-refractivity contribution in [3.05, 3.63) is 11.6 Å². The minimum Gasteiger partial charge on any atom is -0.478 e. The molecule has 0 heterocycles. The first-order chi connectivity index (χ1) is 16.4. The lowest BCUT2D eigenvalue weighted by molar-refractivity contribution is -0.143. The normalized spacial score (nSPS) is 14.8. The predicted molar refractivity (Wildman–Crippen MR) is 143 cm³/mol. The molecule has 2 atom stereocenters. The van der Waals surface area contributed by atoms with E-state index < -0.39 is 46.4 Å². The summed E-state index contributed by atoms with van der Waals surface area (Å²) in [4.78, 5) is 53.4. The van der Waals surface area contributed by atoms with Gasteiger partial charge in [0.1, 0.15) is 11.6 Å². The highest BCUT2D eigenvalue weighted by Gasteiger charge is 2.45. The van der Waals surface area contributed by atoms with Crippen molar-refractivity contribution in [2.75, 3.05) is 7.05 Å². The molecule has 9 nitrogen and oxygen atoms in total. The predicted octanol–water partition coefficient (Wildman–Crippen LogP) is 3.22. The lowest BCUT2D eigenvalue weighted by Crippen LogP contribution is -2.67. The van der Waals surface area contributed by atoms with Crippen LogP contribution in [0.15, 0.2) is 11.6 Å². The van der Waals surface area contributed by atoms with Crippen LogP contribution in [-0.4, -0.2) is 63.9 Å². The summed E-state index contributed by atoms with van der Waals surface area (Å²) in [6.07, 6.45) is 3.05. The van der Waals surface area contributed by atoms with Crippen molar-refractivity contribution in [1.82, 2.24) is 15.5 Å². The minimum absolute atomic E-state index is 0.0602. The highest BCUT2D eigenvalue weighted by Crippen LogP contribution is 2.26. The second-order valence-corrected chi connectivity index (χ2v) is 11.2. The number of nitrogens with two attached hydrogens (primary N) is 1. The number of nitrogens with zero attached hydrogens (tertiary/aromatic N) is 1. The van der Waals surface area contributed by atoms with E-state index in [1.165, 1.54) is 11.8 Å². The average Bonchev–Trinajstić information content (AvgIpc) is 2.81. The highest BCUT2D eigenvalue weighted by molar-refractivity contribution is 5.97. The maximum absolute atomic E-state index is 13.7. The molecule has 0 spiro atoms. The van der Waals surface area contributed by atoms with Crippen molar-refractivity contribution >= 4 is 23.7 Å². The zero-order chi connectivity index (χ0) is 28.6. The molecule has 0 saturated carbocycles. The number of nitrogens with one attached hydrogen (secondary N) is 2. The third kappa shape index (κ3) is 8.05. The van der Waals surface area contributed by atoms with E-state index in [9.17, 15) is 24.3 Å². The van der Waals surface area contributed by atoms with Crippen LogP contribution in [0.1, 0.15) is 94.9 Å². The Balaban J connectivity index is 6.26. The molecule has 1 unspecified atom stereocenters. The summed E-state index contributed by atoms with van der Waals surface area (Å²) in [5.41, 5.74) is 3.45. The molecule has 0 aliphatic carbocycles. The Kier molecular flexibility index (Phi) is 12.3. The summed E-state index contributed by atoms with van der Waals surface area (Å²) in [7, 11) is 1.61. The molecular formula is C27H50N4O5. The minimum atomic E-state index is -1.23. The number of rotatable bonds is 13. The summed E-state index contributed by atoms with van der Waals surface area (Å²) < 4.78 is 0. The zero-order valence-corrected chi connectivity index (χ0v) is 24.2. The molecule has 0 rings (SSSR count). The van der Waals surface area contributed by atoms with E-state index in [1.54, 1.807) is 13.1 Å². The molecule has 0 aromatic heterocycles. The molecule has 208 valence electrons. The Morgan fingerprint density at radius 2 is 1.42 bits per heavy atom. The summed E-state index contributed by atoms with van der Waals surface area (Å²) >= 11 is 0. The van der Waals surface area contributed by atoms with Crippen LogP contribution in [0, 0.1) is 11.3 Å². The van der Waals surface area contributed by atoms with Gasteiger partial charge >= 0.3 is 5.97 Å². The van der Waals surface area contributed by atoms with E-state index in [0.717, 1.165) is 0 Å². The number of hydrogen-bond donors (Lipinski definition) is 4. The van der Waals surface area contributed by atoms with E-state index in [-0.39, 0.29) is 17.4 Å². The SMILES string of the molecule is CCC(N)(CC)C(=O)NC(CC)(CC)C(=O)NC(C(=O)N(C)[C@H](/C=C(\C)C(=O)O)C(C)C)C(C)(C)C. The third-order valence-corrected chi connectivity index (χ3v) is 7.33. The fourth-order valence-corrected chi connectivity index (χ4v) is 4.06. The van der Waals surface area contributed by atoms with Gasteiger partial charge in [0.25, 0.3) is 0 Å². The molecule has 0 saturated heterocycles. The summed E-state index contributed by atoms with van der Waals surface area (Å²) in [5, 5.41) is 15.1. The number of carbonyl (C=O) groups excluding carboxylic acids is 3. The lowest BCUT2D eigenvalue weighted by atomic mass is 9.83. The van der Waals surface area contributed by atoms with Crippen LogP contribution in [0.2, 0.25) is 0 Å². The standard InChI is InChI=1S/C27H50N4O5/c1-12-26(28,13-2)23(35)30-27(14-3,15-4)24(36)29-20(25(8,9)10)21(32)31(11)19(17(5)6)16-18(7)22(33)34/h16-17,19-20H,12-15,28H2,1-11H3,(H,29,36)(H,30,35)(H,33,34)/b18-16+/t19-,20?/m1/s1. The van der Waals surface area contributed by atoms with Crippen LogP contribution in [0.5, 0.6) is 0 Å². The maximum atomic E-state index is 13.7. The Hall–Kier alpha value is -2.42. The second-order valence-electron chi connectivity index (χ2n) is 11.2. The van der Waals surface area contributed by atoms with Crippen LogP contribution >= 0.6 is 0 Å². The Morgan fingerprint density at radius 1 is 0.944 bits per heavy atom. The van der Waals surface area contributed by atoms with Gasteiger partial charge in [-0.2, -0.15) is 0 Å². The van der Waals surface area contributed by atoms with Gasteiger partial charge in [-0.3, -0.25) is 14.4 Å². The van der Waals surface area contributed by atoms with Gasteiger partial charge in [0.15, 0.2) is 0 Å². The first-order valence-corrected chi connectivity index (χ1v) is 13.0. The fraction of sp³-hybridized carbons (Fsp3) is 0.778. The van der Waals surface area contributed by atoms with Gasteiger partial charge in [0.05, 0.1) is 11.6 Å². The summed E-state index contributed by atoms with van der Waals surface area (Å²) in [5.74, 6) is -2.29. The zero-order valence-electron chi connectivity index (χ0n) is 24.2. The molecule has 9 heteroatoms. The van der Waals surface area contributed by atoms with Crippen LogP contribution in [-0.2, 0) is 19.2 Å². The van der Waals surface area contributed by atoms with Gasteiger partial charge < -0.3 is 26.4 Å². The third-order valence-electron chi connectivity index (χ3n) is 7.33. The van der Waals surface area contributed by atoms with Crippen LogP contribution in [0.4, 0.5) is 0 Å². The molecule has 0 aromatic rings. The number of carbonyl (C=O) groups is 4. The van der Waals surface area contributed by atoms with Gasteiger partial charge in [-0.15, -0.1) is 0 Å². The molecule has 0 aliphatic heterocycles. The maximum Gasteiger partial charge on any atom is 0.331 e. The summed E-state index contributed by atoms with van der Waals surface area (Å²) in [6, 6.07) is -1.40. The average molecular weight is 511 g/mol. The highest BCUT2D eigenvalue weighted by atomic mass is 16.4. The van der Waals surface area contributed by atoms with Crippen LogP contribution in [0.25, 0.3) is 0 Å². The molecular weight excluding hydrogens is 460 g/mol. The van der Waals surface area contributed by atoms with Crippen molar-refractivity contribution in [2.45, 2.75) is 118 Å². The monoisotopic (exact) mass is 510 g/mol. The van der Waals surface area contributed by atoms with E-state index in [0.29, 0.717) is 25.7 Å². The quantitative estimate of drug-likeness (QED) is 0.280. The van der Waals surface area contributed by atoms with Crippen molar-refractivity contribution in [3.8, 4) is 0 Å². The lowest BCUT2D eigenvalue weighted by Gasteiger charge is -2.41. The molecule has 0 bridgehead atoms. The van der Waals surface area contributed by atoms with Crippen LogP contribution < -0.4 is 16.4 Å². The first kappa shape index (κ1) is 33.6. The number of carboxylic acid groups (broad SMARTS) is 1. The topological polar surface area (TPSA) is 142 Å². The van der Waals surface area contributed by atoms with Gasteiger partial charge in [0.2, 0.25) is 17.7 Å². The Labute approximate surface area is 217 Å². The van der Waals surface area contributed by atoms with E-state index in [4.69, 9.17) is 5.73 Å². The number of carboxylic acids is 1. The van der Waals surface area contributed by atoms with Crippen molar-refractivity contribution < 1.29 is 24.3 Å². The molecule has 0 aromatic carbocycles. The first-order valence-electron chi connectivity index (χ1n) is 13.0. The second kappa shape index (κ2) is 13.2. The van der Waals surface area contributed by atoms with Crippen molar-refractivity contribution in [2.24, 2.45) is 17.1 Å². The van der Waals surface area contributed by atoms with Crippen molar-refractivity contribution in [1.29, 1.82) is 0 Å². The number of hydrogen-bond acceptors (Lipinski definition) is 5. The smallest absolute Gasteiger partial charge is 0.331 e. The van der Waals surface area contributed by atoms with Gasteiger partial charge in [-0.1, -0.05) is 68.4 Å². The van der Waals surface area contributed by atoms with Gasteiger partial charge in [0, 0.05) is 12.6 Å². The fourth-order valence-electron chi connectivity index (χ4n) is 4.06. The largest absolute Gasteiger partial charge is 0.478 e. The van der Waals surface area contributed by atoms with Crippen LogP contribution in [0.3, 0.4) is 0 Å². The van der Waals surface area contributed by atoms with E-state index in [1.807, 2.05) is 62.3 Å². The van der Waals surface area contributed by atoms with Crippen molar-refractivity contribution in [3.63, 3.8) is 0 Å². The van der Waals surface area contributed by atoms with E-state index in [2.05, 4.69) is 10.6 Å². The number of likely N-dealkylation sites (N-methyl/N-ethyl adjacent to an activating group) is 1. The number of aliphatic carboxylic acids is 1. The van der Waals surface area contributed by atoms with Gasteiger partial charge in [-0.05, 0) is 43.9 Å². The molecule has 0 radical (unpaired) electrons. The number of amides is 3. The van der Waals surface area contributed by atoms with E-state index >= 15 is 0 Å². The Morgan fingerprint density at radius 3 is 1.75 bits per heavy atom. The molecule has 0 aliphatic rings. The summed E-state index contributed by atoms with van der Waals surface area (Å²) in [6.45, 7) is 18.1.